The lowest BCUT2D eigenvalue weighted by Gasteiger charge is -2.15. The first kappa shape index (κ1) is 22.5. The zero-order valence-corrected chi connectivity index (χ0v) is 18.4. The predicted octanol–water partition coefficient (Wildman–Crippen LogP) is 4.49. The molecule has 2 aromatic carbocycles. The van der Waals surface area contributed by atoms with E-state index in [2.05, 4.69) is 5.32 Å². The molecule has 1 amide bonds. The highest BCUT2D eigenvalue weighted by Crippen LogP contribution is 2.34. The van der Waals surface area contributed by atoms with E-state index in [0.717, 1.165) is 43.7 Å². The number of nitrogens with one attached hydrogen (secondary N) is 1. The second-order valence-corrected chi connectivity index (χ2v) is 8.50. The zero-order valence-electron chi connectivity index (χ0n) is 17.6. The number of aryl methyl sites for hydroxylation is 2. The Morgan fingerprint density at radius 1 is 1.03 bits per heavy atom. The van der Waals surface area contributed by atoms with Crippen LogP contribution in [-0.2, 0) is 17.5 Å². The first-order valence-electron chi connectivity index (χ1n) is 9.84. The third-order valence-corrected chi connectivity index (χ3v) is 5.92. The molecule has 1 N–H and O–H groups in total. The molecule has 2 aromatic heterocycles. The van der Waals surface area contributed by atoms with Gasteiger partial charge >= 0.3 is 11.9 Å². The van der Waals surface area contributed by atoms with Crippen LogP contribution >= 0.6 is 11.3 Å². The summed E-state index contributed by atoms with van der Waals surface area (Å²) in [4.78, 5) is 39.1. The lowest BCUT2D eigenvalue weighted by molar-refractivity contribution is -0.137. The summed E-state index contributed by atoms with van der Waals surface area (Å²) in [6, 6.07) is 11.4. The number of halogens is 3. The smallest absolute Gasteiger partial charge is 0.324 e. The number of thiophene rings is 1. The van der Waals surface area contributed by atoms with Gasteiger partial charge < -0.3 is 5.32 Å². The second kappa shape index (κ2) is 8.36. The summed E-state index contributed by atoms with van der Waals surface area (Å²) in [5.74, 6) is -0.827. The van der Waals surface area contributed by atoms with Crippen LogP contribution in [0.1, 0.15) is 16.7 Å². The third kappa shape index (κ3) is 4.34. The number of aromatic nitrogens is 2. The molecule has 0 fully saturated rings. The Morgan fingerprint density at radius 2 is 1.70 bits per heavy atom. The van der Waals surface area contributed by atoms with E-state index in [4.69, 9.17) is 0 Å². The average Bonchev–Trinajstić information content (AvgIpc) is 3.20. The van der Waals surface area contributed by atoms with Crippen LogP contribution in [0.25, 0.3) is 15.9 Å². The van der Waals surface area contributed by atoms with Gasteiger partial charge in [0.1, 0.15) is 11.2 Å². The quantitative estimate of drug-likeness (QED) is 0.475. The summed E-state index contributed by atoms with van der Waals surface area (Å²) >= 11 is 1.12. The number of alkyl halides is 3. The lowest BCUT2D eigenvalue weighted by Crippen LogP contribution is -2.40. The van der Waals surface area contributed by atoms with Crippen molar-refractivity contribution < 1.29 is 18.0 Å². The molecule has 170 valence electrons. The number of fused-ring (bicyclic) bond motifs is 1. The molecular weight excluding hydrogens is 455 g/mol. The summed E-state index contributed by atoms with van der Waals surface area (Å²) in [5.41, 5.74) is -0.390. The molecule has 33 heavy (non-hydrogen) atoms. The van der Waals surface area contributed by atoms with Gasteiger partial charge in [-0.05, 0) is 60.7 Å². The molecule has 0 spiro atoms. The van der Waals surface area contributed by atoms with E-state index in [-0.39, 0.29) is 10.2 Å². The Kier molecular flexibility index (Phi) is 5.71. The van der Waals surface area contributed by atoms with Crippen molar-refractivity contribution in [3.63, 3.8) is 0 Å². The van der Waals surface area contributed by atoms with Crippen molar-refractivity contribution in [1.29, 1.82) is 0 Å². The van der Waals surface area contributed by atoms with Gasteiger partial charge in [-0.25, -0.2) is 9.36 Å². The van der Waals surface area contributed by atoms with Gasteiger partial charge in [0, 0.05) is 0 Å². The molecule has 0 radical (unpaired) electrons. The standard InChI is InChI=1S/C23H18F3N3O3S/c1-13-9-14(2)11-15(10-13)29-21(31)20-18(7-8-33-20)28(22(29)32)12-19(30)27-17-6-4-3-5-16(17)23(24,25)26/h3-11H,12H2,1-2H3,(H,27,30). The number of amides is 1. The maximum atomic E-state index is 13.3. The fourth-order valence-corrected chi connectivity index (χ4v) is 4.54. The first-order valence-corrected chi connectivity index (χ1v) is 10.7. The number of nitrogens with zero attached hydrogens (tertiary/aromatic N) is 2. The van der Waals surface area contributed by atoms with E-state index in [1.165, 1.54) is 18.2 Å². The van der Waals surface area contributed by atoms with Crippen LogP contribution in [-0.4, -0.2) is 15.0 Å². The van der Waals surface area contributed by atoms with Gasteiger partial charge in [0.05, 0.1) is 22.5 Å². The van der Waals surface area contributed by atoms with Crippen LogP contribution in [0.3, 0.4) is 0 Å². The van der Waals surface area contributed by atoms with E-state index in [1.54, 1.807) is 17.5 Å². The molecule has 0 aliphatic rings. The van der Waals surface area contributed by atoms with Crippen LogP contribution in [0, 0.1) is 13.8 Å². The van der Waals surface area contributed by atoms with E-state index < -0.39 is 41.1 Å². The molecule has 6 nitrogen and oxygen atoms in total. The minimum atomic E-state index is -4.66. The fourth-order valence-electron chi connectivity index (χ4n) is 3.72. The topological polar surface area (TPSA) is 73.1 Å². The van der Waals surface area contributed by atoms with Gasteiger partial charge in [0.15, 0.2) is 0 Å². The van der Waals surface area contributed by atoms with Crippen LogP contribution in [0.4, 0.5) is 18.9 Å². The highest BCUT2D eigenvalue weighted by atomic mass is 32.1. The second-order valence-electron chi connectivity index (χ2n) is 7.58. The highest BCUT2D eigenvalue weighted by molar-refractivity contribution is 7.17. The molecule has 10 heteroatoms. The summed E-state index contributed by atoms with van der Waals surface area (Å²) < 4.78 is 42.1. The number of anilines is 1. The SMILES string of the molecule is Cc1cc(C)cc(-n2c(=O)c3sccc3n(CC(=O)Nc3ccccc3C(F)(F)F)c2=O)c1. The number of benzene rings is 2. The molecular formula is C23H18F3N3O3S. The van der Waals surface area contributed by atoms with E-state index in [9.17, 15) is 27.6 Å². The molecule has 0 saturated carbocycles. The molecule has 0 unspecified atom stereocenters. The number of carbonyl (C=O) groups is 1. The molecule has 0 saturated heterocycles. The number of hydrogen-bond donors (Lipinski definition) is 1. The molecule has 4 rings (SSSR count). The van der Waals surface area contributed by atoms with Gasteiger partial charge in [-0.15, -0.1) is 11.3 Å². The van der Waals surface area contributed by atoms with Crippen LogP contribution < -0.4 is 16.6 Å². The van der Waals surface area contributed by atoms with Crippen LogP contribution in [0.15, 0.2) is 63.5 Å². The minimum Gasteiger partial charge on any atom is -0.324 e. The average molecular weight is 473 g/mol. The van der Waals surface area contributed by atoms with Crippen molar-refractivity contribution in [2.45, 2.75) is 26.6 Å². The van der Waals surface area contributed by atoms with Gasteiger partial charge in [-0.3, -0.25) is 14.2 Å². The fraction of sp³-hybridized carbons (Fsp3) is 0.174. The first-order chi connectivity index (χ1) is 15.6. The van der Waals surface area contributed by atoms with Gasteiger partial charge in [0.2, 0.25) is 5.91 Å². The molecule has 2 heterocycles. The van der Waals surface area contributed by atoms with Crippen molar-refractivity contribution in [2.24, 2.45) is 0 Å². The molecule has 0 aliphatic carbocycles. The number of hydrogen-bond acceptors (Lipinski definition) is 4. The predicted molar refractivity (Wildman–Crippen MR) is 121 cm³/mol. The number of carbonyl (C=O) groups excluding carboxylic acids is 1. The normalized spacial score (nSPS) is 11.7. The monoisotopic (exact) mass is 473 g/mol. The third-order valence-electron chi connectivity index (χ3n) is 5.03. The number of para-hydroxylation sites is 1. The van der Waals surface area contributed by atoms with Crippen molar-refractivity contribution in [3.8, 4) is 5.69 Å². The van der Waals surface area contributed by atoms with E-state index in [0.29, 0.717) is 5.69 Å². The summed E-state index contributed by atoms with van der Waals surface area (Å²) in [5, 5.41) is 3.85. The van der Waals surface area contributed by atoms with Gasteiger partial charge in [-0.1, -0.05) is 18.2 Å². The summed E-state index contributed by atoms with van der Waals surface area (Å²) in [6.45, 7) is 3.09. The van der Waals surface area contributed by atoms with Crippen molar-refractivity contribution >= 4 is 33.1 Å². The maximum absolute atomic E-state index is 13.3. The number of rotatable bonds is 4. The summed E-state index contributed by atoms with van der Waals surface area (Å²) in [7, 11) is 0. The Balaban J connectivity index is 1.80. The largest absolute Gasteiger partial charge is 0.418 e. The van der Waals surface area contributed by atoms with Crippen LogP contribution in [0.2, 0.25) is 0 Å². The maximum Gasteiger partial charge on any atom is 0.418 e. The van der Waals surface area contributed by atoms with E-state index >= 15 is 0 Å². The minimum absolute atomic E-state index is 0.245. The van der Waals surface area contributed by atoms with Crippen molar-refractivity contribution in [3.05, 3.63) is 91.4 Å². The zero-order chi connectivity index (χ0) is 23.9. The van der Waals surface area contributed by atoms with E-state index in [1.807, 2.05) is 19.9 Å². The van der Waals surface area contributed by atoms with Crippen LogP contribution in [0.5, 0.6) is 0 Å². The molecule has 4 aromatic rings. The molecule has 0 atom stereocenters. The van der Waals surface area contributed by atoms with Crippen molar-refractivity contribution in [2.75, 3.05) is 5.32 Å². The molecule has 0 aliphatic heterocycles. The Bertz CT molecular complexity index is 1480. The van der Waals surface area contributed by atoms with Crippen molar-refractivity contribution in [1.82, 2.24) is 9.13 Å². The van der Waals surface area contributed by atoms with Gasteiger partial charge in [0.25, 0.3) is 5.56 Å². The van der Waals surface area contributed by atoms with Gasteiger partial charge in [-0.2, -0.15) is 13.2 Å². The summed E-state index contributed by atoms with van der Waals surface area (Å²) in [6.07, 6.45) is -4.66. The Labute approximate surface area is 189 Å². The lowest BCUT2D eigenvalue weighted by atomic mass is 10.1. The Morgan fingerprint density at radius 3 is 2.36 bits per heavy atom. The highest BCUT2D eigenvalue weighted by Gasteiger charge is 2.33. The Hall–Kier alpha value is -3.66. The molecule has 0 bridgehead atoms.